The van der Waals surface area contributed by atoms with E-state index in [1.165, 1.54) is 12.1 Å². The van der Waals surface area contributed by atoms with Gasteiger partial charge in [0.2, 0.25) is 0 Å². The third-order valence-corrected chi connectivity index (χ3v) is 4.99. The molecule has 2 nitrogen and oxygen atoms in total. The lowest BCUT2D eigenvalue weighted by Crippen LogP contribution is -2.51. The van der Waals surface area contributed by atoms with E-state index in [1.807, 2.05) is 0 Å². The summed E-state index contributed by atoms with van der Waals surface area (Å²) in [4.78, 5) is 0. The predicted molar refractivity (Wildman–Crippen MR) is 83.0 cm³/mol. The lowest BCUT2D eigenvalue weighted by molar-refractivity contribution is 0.0676. The van der Waals surface area contributed by atoms with Gasteiger partial charge >= 0.3 is 0 Å². The molecule has 2 atom stereocenters. The highest BCUT2D eigenvalue weighted by atomic mass is 79.9. The van der Waals surface area contributed by atoms with Crippen molar-refractivity contribution < 1.29 is 17.4 Å². The number of rotatable bonds is 5. The zero-order valence-electron chi connectivity index (χ0n) is 11.9. The summed E-state index contributed by atoms with van der Waals surface area (Å²) in [6.07, 6.45) is -2.13. The van der Waals surface area contributed by atoms with E-state index in [0.717, 1.165) is 12.1 Å². The van der Waals surface area contributed by atoms with Gasteiger partial charge in [0.1, 0.15) is 11.4 Å². The molecule has 0 saturated heterocycles. The van der Waals surface area contributed by atoms with Crippen molar-refractivity contribution in [3.8, 4) is 0 Å². The van der Waals surface area contributed by atoms with E-state index in [0.29, 0.717) is 4.47 Å². The number of hydrogen-bond acceptors (Lipinski definition) is 1. The van der Waals surface area contributed by atoms with Crippen LogP contribution in [0.3, 0.4) is 0 Å². The molecule has 0 heterocycles. The molecule has 0 saturated carbocycles. The van der Waals surface area contributed by atoms with Crippen LogP contribution in [0.4, 0.5) is 13.2 Å². The summed E-state index contributed by atoms with van der Waals surface area (Å²) < 4.78 is 55.5. The van der Waals surface area contributed by atoms with Gasteiger partial charge in [-0.25, -0.2) is 22.1 Å². The Morgan fingerprint density at radius 3 is 2.38 bits per heavy atom. The molecule has 118 valence electrons. The maximum Gasteiger partial charge on any atom is 0.265 e. The van der Waals surface area contributed by atoms with Gasteiger partial charge in [-0.1, -0.05) is 22.0 Å². The van der Waals surface area contributed by atoms with Crippen molar-refractivity contribution >= 4 is 26.9 Å². The Labute approximate surface area is 133 Å². The van der Waals surface area contributed by atoms with Crippen LogP contribution in [0.1, 0.15) is 26.3 Å². The number of alkyl halides is 2. The second-order valence-electron chi connectivity index (χ2n) is 5.48. The molecule has 0 radical (unpaired) electrons. The predicted octanol–water partition coefficient (Wildman–Crippen LogP) is 4.29. The van der Waals surface area contributed by atoms with Crippen LogP contribution in [-0.4, -0.2) is 15.4 Å². The Balaban J connectivity index is 3.44. The Kier molecular flexibility index (Phi) is 5.80. The molecular weight excluding hydrogens is 367 g/mol. The second kappa shape index (κ2) is 6.62. The van der Waals surface area contributed by atoms with Crippen LogP contribution in [0.2, 0.25) is 0 Å². The normalized spacial score (nSPS) is 16.6. The first kappa shape index (κ1) is 18.4. The fraction of sp³-hybridized carbons (Fsp3) is 0.429. The van der Waals surface area contributed by atoms with Crippen LogP contribution in [0.15, 0.2) is 35.3 Å². The Morgan fingerprint density at radius 1 is 1.38 bits per heavy atom. The van der Waals surface area contributed by atoms with Gasteiger partial charge in [-0.15, -0.1) is 6.58 Å². The van der Waals surface area contributed by atoms with Crippen molar-refractivity contribution in [3.63, 3.8) is 0 Å². The lowest BCUT2D eigenvalue weighted by Gasteiger charge is -2.34. The quantitative estimate of drug-likeness (QED) is 0.755. The lowest BCUT2D eigenvalue weighted by atomic mass is 9.91. The highest BCUT2D eigenvalue weighted by Gasteiger charge is 2.44. The summed E-state index contributed by atoms with van der Waals surface area (Å²) in [5.41, 5.74) is -2.54. The summed E-state index contributed by atoms with van der Waals surface area (Å²) in [7, 11) is -1.83. The first-order chi connectivity index (χ1) is 9.54. The zero-order valence-corrected chi connectivity index (χ0v) is 14.3. The SMILES string of the molecule is C=C[C@](N[S@@](=O)C(C)(C)C)(c1cc(Br)ccc1F)C(F)F. The van der Waals surface area contributed by atoms with Crippen LogP contribution in [-0.2, 0) is 16.5 Å². The standard InChI is InChI=1S/C14H17BrF3NOS/c1-5-14(12(17)18,19-21(20)13(2,3)4)10-8-9(15)6-7-11(10)16/h5-8,12,19H,1H2,2-4H3/t14-,21-/m0/s1. The van der Waals surface area contributed by atoms with Gasteiger partial charge in [-0.3, -0.25) is 0 Å². The van der Waals surface area contributed by atoms with Gasteiger partial charge < -0.3 is 0 Å². The van der Waals surface area contributed by atoms with Gasteiger partial charge in [0.25, 0.3) is 6.43 Å². The molecule has 0 spiro atoms. The molecule has 1 rings (SSSR count). The minimum absolute atomic E-state index is 0.306. The van der Waals surface area contributed by atoms with E-state index in [2.05, 4.69) is 27.2 Å². The smallest absolute Gasteiger partial charge is 0.242 e. The number of halogens is 4. The zero-order chi connectivity index (χ0) is 16.4. The van der Waals surface area contributed by atoms with Crippen LogP contribution < -0.4 is 4.72 Å². The summed E-state index contributed by atoms with van der Waals surface area (Å²) in [5.74, 6) is -0.822. The highest BCUT2D eigenvalue weighted by molar-refractivity contribution is 9.10. The van der Waals surface area contributed by atoms with Crippen molar-refractivity contribution in [2.45, 2.75) is 37.5 Å². The fourth-order valence-electron chi connectivity index (χ4n) is 1.58. The molecular formula is C14H17BrF3NOS. The van der Waals surface area contributed by atoms with E-state index < -0.39 is 33.5 Å². The summed E-state index contributed by atoms with van der Waals surface area (Å²) in [6, 6.07) is 3.71. The first-order valence-electron chi connectivity index (χ1n) is 6.11. The number of benzene rings is 1. The van der Waals surface area contributed by atoms with Crippen molar-refractivity contribution in [1.29, 1.82) is 0 Å². The molecule has 0 aliphatic heterocycles. The molecule has 0 amide bonds. The highest BCUT2D eigenvalue weighted by Crippen LogP contribution is 2.34. The van der Waals surface area contributed by atoms with Crippen LogP contribution in [0.25, 0.3) is 0 Å². The summed E-state index contributed by atoms with van der Waals surface area (Å²) >= 11 is 3.12. The minimum atomic E-state index is -3.02. The molecule has 0 aromatic heterocycles. The van der Waals surface area contributed by atoms with Gasteiger partial charge in [0.15, 0.2) is 0 Å². The van der Waals surface area contributed by atoms with E-state index in [4.69, 9.17) is 0 Å². The molecule has 0 unspecified atom stereocenters. The molecule has 1 N–H and O–H groups in total. The summed E-state index contributed by atoms with van der Waals surface area (Å²) in [6.45, 7) is 8.27. The molecule has 0 aliphatic rings. The average molecular weight is 384 g/mol. The topological polar surface area (TPSA) is 29.1 Å². The maximum atomic E-state index is 14.0. The van der Waals surface area contributed by atoms with E-state index in [9.17, 15) is 17.4 Å². The van der Waals surface area contributed by atoms with Gasteiger partial charge in [0.05, 0.1) is 15.7 Å². The van der Waals surface area contributed by atoms with Gasteiger partial charge in [-0.05, 0) is 39.0 Å². The molecule has 0 aliphatic carbocycles. The van der Waals surface area contributed by atoms with Crippen molar-refractivity contribution in [3.05, 3.63) is 46.7 Å². The molecule has 0 fully saturated rings. The van der Waals surface area contributed by atoms with Crippen LogP contribution >= 0.6 is 15.9 Å². The molecule has 21 heavy (non-hydrogen) atoms. The molecule has 1 aromatic rings. The van der Waals surface area contributed by atoms with E-state index >= 15 is 0 Å². The van der Waals surface area contributed by atoms with Crippen molar-refractivity contribution in [1.82, 2.24) is 4.72 Å². The largest absolute Gasteiger partial charge is 0.265 e. The van der Waals surface area contributed by atoms with Crippen LogP contribution in [0, 0.1) is 5.82 Å². The second-order valence-corrected chi connectivity index (χ2v) is 8.36. The van der Waals surface area contributed by atoms with Gasteiger partial charge in [-0.2, -0.15) is 0 Å². The van der Waals surface area contributed by atoms with Crippen molar-refractivity contribution in [2.24, 2.45) is 0 Å². The monoisotopic (exact) mass is 383 g/mol. The molecule has 7 heteroatoms. The number of hydrogen-bond donors (Lipinski definition) is 1. The van der Waals surface area contributed by atoms with Gasteiger partial charge in [0, 0.05) is 10.0 Å². The first-order valence-corrected chi connectivity index (χ1v) is 8.06. The number of nitrogens with one attached hydrogen (secondary N) is 1. The Bertz CT molecular complexity index is 560. The van der Waals surface area contributed by atoms with Crippen molar-refractivity contribution in [2.75, 3.05) is 0 Å². The third-order valence-electron chi connectivity index (χ3n) is 2.86. The summed E-state index contributed by atoms with van der Waals surface area (Å²) in [5, 5.41) is 0. The third kappa shape index (κ3) is 3.96. The Morgan fingerprint density at radius 2 is 1.95 bits per heavy atom. The molecule has 1 aromatic carbocycles. The van der Waals surface area contributed by atoms with Crippen LogP contribution in [0.5, 0.6) is 0 Å². The van der Waals surface area contributed by atoms with E-state index in [-0.39, 0.29) is 5.56 Å². The maximum absolute atomic E-state index is 14.0. The van der Waals surface area contributed by atoms with E-state index in [1.54, 1.807) is 20.8 Å². The molecule has 0 bridgehead atoms. The minimum Gasteiger partial charge on any atom is -0.242 e. The fourth-order valence-corrected chi connectivity index (χ4v) is 2.84. The average Bonchev–Trinajstić information content (AvgIpc) is 2.37. The Hall–Kier alpha value is -0.660.